The Balaban J connectivity index is 1.71. The van der Waals surface area contributed by atoms with Gasteiger partial charge in [-0.1, -0.05) is 36.0 Å². The molecule has 2 aromatic heterocycles. The van der Waals surface area contributed by atoms with E-state index in [2.05, 4.69) is 20.8 Å². The van der Waals surface area contributed by atoms with Gasteiger partial charge in [0.15, 0.2) is 0 Å². The number of benzene rings is 1. The second-order valence-corrected chi connectivity index (χ2v) is 8.01. The first kappa shape index (κ1) is 17.6. The van der Waals surface area contributed by atoms with Crippen molar-refractivity contribution >= 4 is 29.0 Å². The first-order valence-corrected chi connectivity index (χ1v) is 9.64. The maximum Gasteiger partial charge on any atom is 0.233 e. The van der Waals surface area contributed by atoms with Crippen molar-refractivity contribution in [3.8, 4) is 5.69 Å². The molecule has 1 aromatic carbocycles. The number of rotatable bonds is 6. The van der Waals surface area contributed by atoms with Crippen molar-refractivity contribution in [1.82, 2.24) is 25.5 Å². The van der Waals surface area contributed by atoms with E-state index in [0.29, 0.717) is 11.7 Å². The van der Waals surface area contributed by atoms with E-state index in [1.807, 2.05) is 56.5 Å². The first-order chi connectivity index (χ1) is 12.1. The van der Waals surface area contributed by atoms with E-state index in [0.717, 1.165) is 21.7 Å². The fourth-order valence-corrected chi connectivity index (χ4v) is 3.94. The Hall–Kier alpha value is -2.19. The van der Waals surface area contributed by atoms with Gasteiger partial charge in [-0.05, 0) is 53.8 Å². The van der Waals surface area contributed by atoms with Crippen LogP contribution in [-0.4, -0.2) is 31.4 Å². The van der Waals surface area contributed by atoms with Crippen LogP contribution in [0.5, 0.6) is 0 Å². The summed E-state index contributed by atoms with van der Waals surface area (Å²) in [5.74, 6) is -0.0329. The van der Waals surface area contributed by atoms with Crippen molar-refractivity contribution in [2.45, 2.75) is 37.7 Å². The third-order valence-corrected chi connectivity index (χ3v) is 5.67. The smallest absolute Gasteiger partial charge is 0.233 e. The first-order valence-electron chi connectivity index (χ1n) is 7.88. The monoisotopic (exact) mass is 373 g/mol. The van der Waals surface area contributed by atoms with E-state index >= 15 is 0 Å². The number of aromatic nitrogens is 4. The Morgan fingerprint density at radius 1 is 1.28 bits per heavy atom. The summed E-state index contributed by atoms with van der Waals surface area (Å²) >= 11 is 2.98. The number of para-hydroxylation sites is 1. The zero-order chi connectivity index (χ0) is 17.8. The molecule has 1 unspecified atom stereocenters. The van der Waals surface area contributed by atoms with Crippen LogP contribution >= 0.6 is 23.1 Å². The van der Waals surface area contributed by atoms with E-state index in [1.165, 1.54) is 11.8 Å². The lowest BCUT2D eigenvalue weighted by molar-refractivity contribution is -0.120. The van der Waals surface area contributed by atoms with E-state index in [-0.39, 0.29) is 11.2 Å². The number of hydrogen-bond acceptors (Lipinski definition) is 6. The molecule has 25 heavy (non-hydrogen) atoms. The molecule has 0 bridgehead atoms. The Bertz CT molecular complexity index is 840. The summed E-state index contributed by atoms with van der Waals surface area (Å²) in [6.45, 7) is 6.45. The number of carbonyl (C=O) groups is 1. The fraction of sp³-hybridized carbons (Fsp3) is 0.294. The molecule has 1 N–H and O–H groups in total. The normalized spacial score (nSPS) is 12.1. The summed E-state index contributed by atoms with van der Waals surface area (Å²) in [6.07, 6.45) is 0. The molecule has 0 saturated carbocycles. The molecule has 130 valence electrons. The molecule has 2 heterocycles. The standard InChI is InChI=1S/C17H19N5OS2/c1-11-6-4-7-12(2)15(11)22-17(19-20-21-22)25-13(3)16(23)18-10-14-8-5-9-24-14/h4-9,13H,10H2,1-3H3,(H,18,23). The molecule has 0 aliphatic carbocycles. The van der Waals surface area contributed by atoms with E-state index < -0.39 is 0 Å². The average Bonchev–Trinajstić information content (AvgIpc) is 3.25. The van der Waals surface area contributed by atoms with Gasteiger partial charge < -0.3 is 5.32 Å². The number of tetrazole rings is 1. The lowest BCUT2D eigenvalue weighted by atomic mass is 10.1. The van der Waals surface area contributed by atoms with Crippen molar-refractivity contribution in [2.24, 2.45) is 0 Å². The van der Waals surface area contributed by atoms with Gasteiger partial charge in [-0.15, -0.1) is 16.4 Å². The zero-order valence-corrected chi connectivity index (χ0v) is 15.9. The molecule has 6 nitrogen and oxygen atoms in total. The number of hydrogen-bond donors (Lipinski definition) is 1. The average molecular weight is 374 g/mol. The van der Waals surface area contributed by atoms with Crippen molar-refractivity contribution < 1.29 is 4.79 Å². The van der Waals surface area contributed by atoms with Gasteiger partial charge in [0.2, 0.25) is 11.1 Å². The Labute approximate surface area is 154 Å². The molecule has 0 aliphatic rings. The number of nitrogens with one attached hydrogen (secondary N) is 1. The van der Waals surface area contributed by atoms with Gasteiger partial charge in [0, 0.05) is 4.88 Å². The van der Waals surface area contributed by atoms with Crippen molar-refractivity contribution in [2.75, 3.05) is 0 Å². The molecule has 0 radical (unpaired) electrons. The molecule has 0 aliphatic heterocycles. The van der Waals surface area contributed by atoms with Crippen LogP contribution < -0.4 is 5.32 Å². The summed E-state index contributed by atoms with van der Waals surface area (Å²) in [7, 11) is 0. The quantitative estimate of drug-likeness (QED) is 0.672. The lowest BCUT2D eigenvalue weighted by Gasteiger charge is -2.13. The van der Waals surface area contributed by atoms with Crippen LogP contribution in [0.2, 0.25) is 0 Å². The van der Waals surface area contributed by atoms with Gasteiger partial charge in [-0.2, -0.15) is 4.68 Å². The van der Waals surface area contributed by atoms with Crippen LogP contribution in [0.25, 0.3) is 5.69 Å². The number of nitrogens with zero attached hydrogens (tertiary/aromatic N) is 4. The minimum Gasteiger partial charge on any atom is -0.350 e. The van der Waals surface area contributed by atoms with Gasteiger partial charge in [-0.25, -0.2) is 0 Å². The minimum absolute atomic E-state index is 0.0329. The summed E-state index contributed by atoms with van der Waals surface area (Å²) < 4.78 is 1.71. The maximum absolute atomic E-state index is 12.3. The minimum atomic E-state index is -0.297. The summed E-state index contributed by atoms with van der Waals surface area (Å²) in [5.41, 5.74) is 3.13. The third-order valence-electron chi connectivity index (χ3n) is 3.76. The van der Waals surface area contributed by atoms with Gasteiger partial charge >= 0.3 is 0 Å². The van der Waals surface area contributed by atoms with Crippen LogP contribution in [0.3, 0.4) is 0 Å². The lowest BCUT2D eigenvalue weighted by Crippen LogP contribution is -2.30. The van der Waals surface area contributed by atoms with E-state index in [4.69, 9.17) is 0 Å². The highest BCUT2D eigenvalue weighted by Gasteiger charge is 2.20. The molecule has 1 amide bonds. The molecule has 0 spiro atoms. The second kappa shape index (κ2) is 7.79. The summed E-state index contributed by atoms with van der Waals surface area (Å²) in [5, 5.41) is 17.3. The number of thiophene rings is 1. The van der Waals surface area contributed by atoms with Gasteiger partial charge in [0.05, 0.1) is 17.5 Å². The highest BCUT2D eigenvalue weighted by Crippen LogP contribution is 2.26. The third kappa shape index (κ3) is 4.08. The molecule has 3 rings (SSSR count). The Morgan fingerprint density at radius 3 is 2.72 bits per heavy atom. The highest BCUT2D eigenvalue weighted by molar-refractivity contribution is 8.00. The fourth-order valence-electron chi connectivity index (χ4n) is 2.48. The van der Waals surface area contributed by atoms with E-state index in [9.17, 15) is 4.79 Å². The van der Waals surface area contributed by atoms with Gasteiger partial charge in [-0.3, -0.25) is 4.79 Å². The Kier molecular flexibility index (Phi) is 5.50. The molecular formula is C17H19N5OS2. The molecule has 8 heteroatoms. The zero-order valence-electron chi connectivity index (χ0n) is 14.3. The van der Waals surface area contributed by atoms with Crippen molar-refractivity contribution in [3.05, 3.63) is 51.7 Å². The number of carbonyl (C=O) groups excluding carboxylic acids is 1. The molecule has 1 atom stereocenters. The number of thioether (sulfide) groups is 1. The summed E-state index contributed by atoms with van der Waals surface area (Å²) in [4.78, 5) is 13.5. The van der Waals surface area contributed by atoms with Gasteiger partial charge in [0.25, 0.3) is 0 Å². The topological polar surface area (TPSA) is 72.7 Å². The largest absolute Gasteiger partial charge is 0.350 e. The molecule has 0 saturated heterocycles. The van der Waals surface area contributed by atoms with Crippen LogP contribution in [-0.2, 0) is 11.3 Å². The van der Waals surface area contributed by atoms with Gasteiger partial charge in [0.1, 0.15) is 0 Å². The van der Waals surface area contributed by atoms with Crippen molar-refractivity contribution in [3.63, 3.8) is 0 Å². The SMILES string of the molecule is Cc1cccc(C)c1-n1nnnc1SC(C)C(=O)NCc1cccs1. The Morgan fingerprint density at radius 2 is 2.04 bits per heavy atom. The van der Waals surface area contributed by atoms with Crippen LogP contribution in [0.1, 0.15) is 22.9 Å². The maximum atomic E-state index is 12.3. The van der Waals surface area contributed by atoms with Crippen LogP contribution in [0.15, 0.2) is 40.9 Å². The molecule has 3 aromatic rings. The second-order valence-electron chi connectivity index (χ2n) is 5.67. The predicted octanol–water partition coefficient (Wildman–Crippen LogP) is 3.14. The highest BCUT2D eigenvalue weighted by atomic mass is 32.2. The van der Waals surface area contributed by atoms with Crippen molar-refractivity contribution in [1.29, 1.82) is 0 Å². The van der Waals surface area contributed by atoms with Crippen LogP contribution in [0, 0.1) is 13.8 Å². The molecular weight excluding hydrogens is 354 g/mol. The molecule has 0 fully saturated rings. The number of aryl methyl sites for hydroxylation is 2. The van der Waals surface area contributed by atoms with E-state index in [1.54, 1.807) is 16.0 Å². The predicted molar refractivity (Wildman–Crippen MR) is 100 cm³/mol. The van der Waals surface area contributed by atoms with Crippen LogP contribution in [0.4, 0.5) is 0 Å². The summed E-state index contributed by atoms with van der Waals surface area (Å²) in [6, 6.07) is 10.0. The number of amides is 1.